The molecule has 5 rings (SSSR count). The van der Waals surface area contributed by atoms with E-state index in [1.54, 1.807) is 0 Å². The number of hydrogen-bond donors (Lipinski definition) is 1. The number of hydrogen-bond acceptors (Lipinski definition) is 5. The van der Waals surface area contributed by atoms with Crippen LogP contribution in [0.25, 0.3) is 11.0 Å². The van der Waals surface area contributed by atoms with Gasteiger partial charge in [-0.3, -0.25) is 19.9 Å². The molecule has 0 unspecified atom stereocenters. The summed E-state index contributed by atoms with van der Waals surface area (Å²) in [6.07, 6.45) is 3.63. The second kappa shape index (κ2) is 8.51. The van der Waals surface area contributed by atoms with E-state index >= 15 is 0 Å². The molecule has 0 bridgehead atoms. The average molecular weight is 418 g/mol. The molecular formula is C24H26N4O3. The Kier molecular flexibility index (Phi) is 5.42. The van der Waals surface area contributed by atoms with Gasteiger partial charge in [-0.1, -0.05) is 41.6 Å². The molecule has 0 spiro atoms. The highest BCUT2D eigenvalue weighted by Gasteiger charge is 2.28. The lowest BCUT2D eigenvalue weighted by atomic mass is 9.89. The third-order valence-corrected chi connectivity index (χ3v) is 6.31. The molecule has 3 heterocycles. The molecule has 2 aliphatic rings. The van der Waals surface area contributed by atoms with Crippen LogP contribution in [-0.4, -0.2) is 41.6 Å². The fourth-order valence-corrected chi connectivity index (χ4v) is 4.58. The monoisotopic (exact) mass is 418 g/mol. The number of aromatic nitrogens is 1. The van der Waals surface area contributed by atoms with E-state index in [0.717, 1.165) is 31.4 Å². The van der Waals surface area contributed by atoms with E-state index in [1.807, 2.05) is 6.07 Å². The van der Waals surface area contributed by atoms with Gasteiger partial charge in [0.2, 0.25) is 5.91 Å². The maximum Gasteiger partial charge on any atom is 0.329 e. The molecule has 7 heteroatoms. The van der Waals surface area contributed by atoms with E-state index in [1.165, 1.54) is 28.9 Å². The Morgan fingerprint density at radius 2 is 1.81 bits per heavy atom. The number of rotatable bonds is 5. The Balaban J connectivity index is 1.24. The van der Waals surface area contributed by atoms with Crippen molar-refractivity contribution >= 4 is 28.7 Å². The van der Waals surface area contributed by atoms with Gasteiger partial charge in [0.1, 0.15) is 0 Å². The number of anilines is 1. The summed E-state index contributed by atoms with van der Waals surface area (Å²) in [5.41, 5.74) is 3.25. The van der Waals surface area contributed by atoms with Gasteiger partial charge in [-0.2, -0.15) is 0 Å². The minimum absolute atomic E-state index is 0.256. The molecule has 2 aromatic carbocycles. The minimum atomic E-state index is -0.442. The summed E-state index contributed by atoms with van der Waals surface area (Å²) in [6, 6.07) is 16.3. The molecule has 2 aliphatic heterocycles. The first-order valence-electron chi connectivity index (χ1n) is 10.9. The summed E-state index contributed by atoms with van der Waals surface area (Å²) in [4.78, 5) is 27.7. The molecule has 0 radical (unpaired) electrons. The number of amides is 3. The number of piperidine rings is 1. The molecule has 1 N–H and O–H groups in total. The predicted molar refractivity (Wildman–Crippen MR) is 118 cm³/mol. The van der Waals surface area contributed by atoms with Crippen LogP contribution in [0.4, 0.5) is 10.6 Å². The van der Waals surface area contributed by atoms with Crippen molar-refractivity contribution in [2.45, 2.75) is 32.2 Å². The van der Waals surface area contributed by atoms with Gasteiger partial charge in [0, 0.05) is 19.5 Å². The molecule has 1 aromatic heterocycles. The number of imide groups is 1. The molecule has 3 aromatic rings. The van der Waals surface area contributed by atoms with Crippen LogP contribution in [0.2, 0.25) is 0 Å². The lowest BCUT2D eigenvalue weighted by molar-refractivity contribution is -0.120. The lowest BCUT2D eigenvalue weighted by Gasteiger charge is -2.32. The number of nitrogens with zero attached hydrogens (tertiary/aromatic N) is 3. The Labute approximate surface area is 181 Å². The number of likely N-dealkylation sites (tertiary alicyclic amines) is 1. The summed E-state index contributed by atoms with van der Waals surface area (Å²) in [5.74, 6) is 0.872. The predicted octanol–water partition coefficient (Wildman–Crippen LogP) is 3.73. The number of carbonyl (C=O) groups excluding carboxylic acids is 2. The first-order valence-corrected chi connectivity index (χ1v) is 10.9. The largest absolute Gasteiger partial charge is 0.354 e. The zero-order chi connectivity index (χ0) is 21.2. The fourth-order valence-electron chi connectivity index (χ4n) is 4.58. The van der Waals surface area contributed by atoms with Crippen molar-refractivity contribution in [3.8, 4) is 0 Å². The summed E-state index contributed by atoms with van der Waals surface area (Å²) in [5, 5.41) is 7.27. The first-order chi connectivity index (χ1) is 15.2. The van der Waals surface area contributed by atoms with Crippen LogP contribution in [0.1, 0.15) is 30.4 Å². The molecular weight excluding hydrogens is 392 g/mol. The van der Waals surface area contributed by atoms with E-state index in [9.17, 15) is 9.59 Å². The van der Waals surface area contributed by atoms with Crippen molar-refractivity contribution in [3.05, 3.63) is 59.7 Å². The Hall–Kier alpha value is -3.19. The Bertz CT molecular complexity index is 1090. The molecule has 2 saturated heterocycles. The molecule has 0 aliphatic carbocycles. The SMILES string of the molecule is O=C1CCN(c2noc3ccc(CC4CCN(Cc5ccccc5)CC4)cc23)C(=O)N1. The first kappa shape index (κ1) is 19.8. The molecule has 160 valence electrons. The summed E-state index contributed by atoms with van der Waals surface area (Å²) in [7, 11) is 0. The van der Waals surface area contributed by atoms with Crippen LogP contribution in [0.3, 0.4) is 0 Å². The topological polar surface area (TPSA) is 78.7 Å². The molecule has 2 fully saturated rings. The van der Waals surface area contributed by atoms with Crippen molar-refractivity contribution in [2.75, 3.05) is 24.5 Å². The van der Waals surface area contributed by atoms with Gasteiger partial charge in [0.05, 0.1) is 5.39 Å². The zero-order valence-electron chi connectivity index (χ0n) is 17.4. The van der Waals surface area contributed by atoms with Crippen LogP contribution in [0.15, 0.2) is 53.1 Å². The number of carbonyl (C=O) groups is 2. The second-order valence-corrected chi connectivity index (χ2v) is 8.50. The highest BCUT2D eigenvalue weighted by molar-refractivity contribution is 6.08. The Morgan fingerprint density at radius 1 is 1.00 bits per heavy atom. The second-order valence-electron chi connectivity index (χ2n) is 8.50. The molecule has 3 amide bonds. The van der Waals surface area contributed by atoms with Crippen molar-refractivity contribution in [1.29, 1.82) is 0 Å². The molecule has 31 heavy (non-hydrogen) atoms. The standard InChI is InChI=1S/C24H26N4O3/c29-22-10-13-28(24(30)25-22)23-20-15-19(6-7-21(20)31-26-23)14-17-8-11-27(12-9-17)16-18-4-2-1-3-5-18/h1-7,15,17H,8-14,16H2,(H,25,29,30). The van der Waals surface area contributed by atoms with Gasteiger partial charge in [-0.15, -0.1) is 0 Å². The fraction of sp³-hybridized carbons (Fsp3) is 0.375. The van der Waals surface area contributed by atoms with E-state index in [0.29, 0.717) is 23.9 Å². The van der Waals surface area contributed by atoms with Crippen LogP contribution >= 0.6 is 0 Å². The number of urea groups is 1. The van der Waals surface area contributed by atoms with Crippen LogP contribution < -0.4 is 10.2 Å². The van der Waals surface area contributed by atoms with Crippen molar-refractivity contribution in [3.63, 3.8) is 0 Å². The van der Waals surface area contributed by atoms with Gasteiger partial charge in [-0.25, -0.2) is 4.79 Å². The molecule has 7 nitrogen and oxygen atoms in total. The summed E-state index contributed by atoms with van der Waals surface area (Å²) >= 11 is 0. The quantitative estimate of drug-likeness (QED) is 0.683. The van der Waals surface area contributed by atoms with Crippen molar-refractivity contribution in [1.82, 2.24) is 15.4 Å². The minimum Gasteiger partial charge on any atom is -0.354 e. The van der Waals surface area contributed by atoms with E-state index < -0.39 is 6.03 Å². The molecule has 0 atom stereocenters. The van der Waals surface area contributed by atoms with Gasteiger partial charge >= 0.3 is 6.03 Å². The zero-order valence-corrected chi connectivity index (χ0v) is 17.4. The number of benzene rings is 2. The third-order valence-electron chi connectivity index (χ3n) is 6.31. The van der Waals surface area contributed by atoms with Crippen molar-refractivity contribution in [2.24, 2.45) is 5.92 Å². The Morgan fingerprint density at radius 3 is 2.58 bits per heavy atom. The number of fused-ring (bicyclic) bond motifs is 1. The highest BCUT2D eigenvalue weighted by Crippen LogP contribution is 2.30. The van der Waals surface area contributed by atoms with Crippen LogP contribution in [0.5, 0.6) is 0 Å². The van der Waals surface area contributed by atoms with E-state index in [-0.39, 0.29) is 12.3 Å². The van der Waals surface area contributed by atoms with Gasteiger partial charge in [0.15, 0.2) is 11.4 Å². The van der Waals surface area contributed by atoms with Crippen LogP contribution in [0, 0.1) is 5.92 Å². The maximum atomic E-state index is 12.2. The smallest absolute Gasteiger partial charge is 0.329 e. The summed E-state index contributed by atoms with van der Waals surface area (Å²) < 4.78 is 5.43. The normalized spacial score (nSPS) is 18.5. The maximum absolute atomic E-state index is 12.2. The lowest BCUT2D eigenvalue weighted by Crippen LogP contribution is -2.49. The van der Waals surface area contributed by atoms with Gasteiger partial charge in [0.25, 0.3) is 0 Å². The number of nitrogens with one attached hydrogen (secondary N) is 1. The summed E-state index contributed by atoms with van der Waals surface area (Å²) in [6.45, 7) is 3.56. The van der Waals surface area contributed by atoms with Gasteiger partial charge < -0.3 is 4.52 Å². The van der Waals surface area contributed by atoms with E-state index in [4.69, 9.17) is 4.52 Å². The van der Waals surface area contributed by atoms with Crippen LogP contribution in [-0.2, 0) is 17.8 Å². The third kappa shape index (κ3) is 4.32. The average Bonchev–Trinajstić information content (AvgIpc) is 3.19. The van der Waals surface area contributed by atoms with E-state index in [2.05, 4.69) is 57.8 Å². The van der Waals surface area contributed by atoms with Crippen molar-refractivity contribution < 1.29 is 14.1 Å². The van der Waals surface area contributed by atoms with Gasteiger partial charge in [-0.05, 0) is 61.5 Å². The molecule has 0 saturated carbocycles. The highest BCUT2D eigenvalue weighted by atomic mass is 16.5.